The molecule has 21 heavy (non-hydrogen) atoms. The molecule has 2 rings (SSSR count). The summed E-state index contributed by atoms with van der Waals surface area (Å²) in [4.78, 5) is 8.79. The van der Waals surface area contributed by atoms with Crippen molar-refractivity contribution in [1.82, 2.24) is 19.6 Å². The first-order valence-corrected chi connectivity index (χ1v) is 8.13. The van der Waals surface area contributed by atoms with Crippen molar-refractivity contribution >= 4 is 11.6 Å². The van der Waals surface area contributed by atoms with Crippen molar-refractivity contribution in [2.24, 2.45) is 0 Å². The van der Waals surface area contributed by atoms with E-state index in [1.807, 2.05) is 0 Å². The largest absolute Gasteiger partial charge is 0.383 e. The minimum absolute atomic E-state index is 0.351. The van der Waals surface area contributed by atoms with Crippen molar-refractivity contribution < 1.29 is 0 Å². The molecule has 0 saturated heterocycles. The first kappa shape index (κ1) is 15.7. The van der Waals surface area contributed by atoms with E-state index in [1.54, 1.807) is 4.52 Å². The molecule has 0 bridgehead atoms. The van der Waals surface area contributed by atoms with Crippen molar-refractivity contribution in [1.29, 1.82) is 0 Å². The number of rotatable bonds is 8. The second kappa shape index (κ2) is 7.38. The summed E-state index contributed by atoms with van der Waals surface area (Å²) in [7, 11) is 0. The van der Waals surface area contributed by atoms with Gasteiger partial charge in [-0.1, -0.05) is 52.9 Å². The van der Waals surface area contributed by atoms with Crippen LogP contribution >= 0.6 is 0 Å². The number of nitrogens with zero attached hydrogens (tertiary/aromatic N) is 4. The van der Waals surface area contributed by atoms with Crippen LogP contribution in [0.4, 0.5) is 5.82 Å². The highest BCUT2D eigenvalue weighted by Gasteiger charge is 2.16. The zero-order valence-electron chi connectivity index (χ0n) is 13.5. The maximum atomic E-state index is 6.28. The molecule has 2 aromatic heterocycles. The highest BCUT2D eigenvalue weighted by molar-refractivity contribution is 5.50. The van der Waals surface area contributed by atoms with Gasteiger partial charge in [-0.3, -0.25) is 0 Å². The fourth-order valence-corrected chi connectivity index (χ4v) is 2.73. The van der Waals surface area contributed by atoms with E-state index in [0.717, 1.165) is 24.1 Å². The molecule has 2 heterocycles. The van der Waals surface area contributed by atoms with Crippen molar-refractivity contribution in [3.05, 3.63) is 17.6 Å². The predicted octanol–water partition coefficient (Wildman–Crippen LogP) is 3.73. The number of nitrogen functional groups attached to an aromatic ring is 1. The average molecular weight is 289 g/mol. The van der Waals surface area contributed by atoms with E-state index in [9.17, 15) is 0 Å². The van der Waals surface area contributed by atoms with E-state index in [-0.39, 0.29) is 0 Å². The van der Waals surface area contributed by atoms with Gasteiger partial charge in [0.25, 0.3) is 5.78 Å². The number of hydrogen-bond acceptors (Lipinski definition) is 4. The van der Waals surface area contributed by atoms with Crippen LogP contribution in [-0.4, -0.2) is 19.6 Å². The van der Waals surface area contributed by atoms with Crippen LogP contribution in [-0.2, 0) is 6.42 Å². The smallest absolute Gasteiger partial charge is 0.254 e. The average Bonchev–Trinajstić information content (AvgIpc) is 2.93. The van der Waals surface area contributed by atoms with Crippen LogP contribution < -0.4 is 5.73 Å². The maximum Gasteiger partial charge on any atom is 0.254 e. The summed E-state index contributed by atoms with van der Waals surface area (Å²) in [6.07, 6.45) is 10.2. The summed E-state index contributed by atoms with van der Waals surface area (Å²) in [5, 5.41) is 4.17. The molecular weight excluding hydrogens is 262 g/mol. The van der Waals surface area contributed by atoms with Crippen LogP contribution in [0.5, 0.6) is 0 Å². The molecule has 0 atom stereocenters. The molecule has 0 saturated carbocycles. The molecular formula is C16H27N5. The van der Waals surface area contributed by atoms with Crippen molar-refractivity contribution in [3.8, 4) is 0 Å². The van der Waals surface area contributed by atoms with Crippen molar-refractivity contribution in [2.75, 3.05) is 5.73 Å². The van der Waals surface area contributed by atoms with Gasteiger partial charge in [0.15, 0.2) is 0 Å². The fraction of sp³-hybridized carbons (Fsp3) is 0.688. The number of fused-ring (bicyclic) bond motifs is 1. The van der Waals surface area contributed by atoms with E-state index in [2.05, 4.69) is 35.8 Å². The summed E-state index contributed by atoms with van der Waals surface area (Å²) in [5.41, 5.74) is 8.51. The summed E-state index contributed by atoms with van der Waals surface area (Å²) in [6.45, 7) is 6.55. The fourth-order valence-electron chi connectivity index (χ4n) is 2.73. The molecule has 116 valence electrons. The van der Waals surface area contributed by atoms with E-state index in [0.29, 0.717) is 17.5 Å². The van der Waals surface area contributed by atoms with Crippen LogP contribution in [0.3, 0.4) is 0 Å². The molecule has 2 aromatic rings. The highest BCUT2D eigenvalue weighted by Crippen LogP contribution is 2.25. The Morgan fingerprint density at radius 3 is 2.57 bits per heavy atom. The van der Waals surface area contributed by atoms with Gasteiger partial charge in [0, 0.05) is 5.56 Å². The van der Waals surface area contributed by atoms with Crippen LogP contribution in [0.15, 0.2) is 6.33 Å². The molecule has 0 fully saturated rings. The van der Waals surface area contributed by atoms with Gasteiger partial charge in [0.2, 0.25) is 0 Å². The Morgan fingerprint density at radius 1 is 1.14 bits per heavy atom. The van der Waals surface area contributed by atoms with Gasteiger partial charge < -0.3 is 5.73 Å². The van der Waals surface area contributed by atoms with Gasteiger partial charge in [-0.05, 0) is 18.8 Å². The third-order valence-corrected chi connectivity index (χ3v) is 3.92. The molecule has 0 radical (unpaired) electrons. The van der Waals surface area contributed by atoms with Crippen LogP contribution in [0.25, 0.3) is 5.78 Å². The molecule has 5 heteroatoms. The molecule has 0 aliphatic carbocycles. The lowest BCUT2D eigenvalue weighted by Gasteiger charge is -2.14. The Bertz CT molecular complexity index is 573. The monoisotopic (exact) mass is 289 g/mol. The molecule has 0 amide bonds. The molecule has 0 spiro atoms. The number of unbranched alkanes of at least 4 members (excludes halogenated alkanes) is 5. The summed E-state index contributed by atoms with van der Waals surface area (Å²) >= 11 is 0. The second-order valence-electron chi connectivity index (χ2n) is 6.01. The van der Waals surface area contributed by atoms with E-state index in [1.165, 1.54) is 38.4 Å². The molecule has 2 N–H and O–H groups in total. The summed E-state index contributed by atoms with van der Waals surface area (Å²) < 4.78 is 1.65. The summed E-state index contributed by atoms with van der Waals surface area (Å²) in [5.74, 6) is 1.65. The zero-order valence-corrected chi connectivity index (χ0v) is 13.5. The third kappa shape index (κ3) is 3.71. The van der Waals surface area contributed by atoms with Crippen molar-refractivity contribution in [3.63, 3.8) is 0 Å². The number of aromatic nitrogens is 4. The SMILES string of the molecule is CCCCCCCCc1c(C(C)C)nc2ncnn2c1N. The van der Waals surface area contributed by atoms with E-state index >= 15 is 0 Å². The van der Waals surface area contributed by atoms with Gasteiger partial charge >= 0.3 is 0 Å². The second-order valence-corrected chi connectivity index (χ2v) is 6.01. The maximum absolute atomic E-state index is 6.28. The van der Waals surface area contributed by atoms with Gasteiger partial charge in [-0.15, -0.1) is 0 Å². The Balaban J connectivity index is 2.09. The van der Waals surface area contributed by atoms with Crippen molar-refractivity contribution in [2.45, 2.75) is 71.6 Å². The van der Waals surface area contributed by atoms with E-state index < -0.39 is 0 Å². The standard InChI is InChI=1S/C16H27N5/c1-4-5-6-7-8-9-10-13-14(12(2)3)20-16-18-11-19-21(16)15(13)17/h11-12H,4-10,17H2,1-3H3. The Morgan fingerprint density at radius 2 is 1.86 bits per heavy atom. The topological polar surface area (TPSA) is 69.1 Å². The quantitative estimate of drug-likeness (QED) is 0.752. The van der Waals surface area contributed by atoms with Gasteiger partial charge in [-0.25, -0.2) is 4.98 Å². The number of hydrogen-bond donors (Lipinski definition) is 1. The lowest BCUT2D eigenvalue weighted by atomic mass is 9.99. The third-order valence-electron chi connectivity index (χ3n) is 3.92. The first-order chi connectivity index (χ1) is 10.1. The molecule has 0 aromatic carbocycles. The minimum Gasteiger partial charge on any atom is -0.383 e. The Labute approximate surface area is 127 Å². The Kier molecular flexibility index (Phi) is 5.53. The zero-order chi connectivity index (χ0) is 15.2. The molecule has 0 unspecified atom stereocenters. The highest BCUT2D eigenvalue weighted by atomic mass is 15.3. The van der Waals surface area contributed by atoms with Gasteiger partial charge in [-0.2, -0.15) is 14.6 Å². The molecule has 0 aliphatic heterocycles. The Hall–Kier alpha value is -1.65. The molecule has 5 nitrogen and oxygen atoms in total. The van der Waals surface area contributed by atoms with E-state index in [4.69, 9.17) is 5.73 Å². The number of anilines is 1. The first-order valence-electron chi connectivity index (χ1n) is 8.13. The minimum atomic E-state index is 0.351. The van der Waals surface area contributed by atoms with Crippen LogP contribution in [0.1, 0.15) is 76.5 Å². The van der Waals surface area contributed by atoms with Crippen LogP contribution in [0, 0.1) is 0 Å². The van der Waals surface area contributed by atoms with Gasteiger partial charge in [0.05, 0.1) is 5.69 Å². The van der Waals surface area contributed by atoms with Crippen LogP contribution in [0.2, 0.25) is 0 Å². The summed E-state index contributed by atoms with van der Waals surface area (Å²) in [6, 6.07) is 0. The normalized spacial score (nSPS) is 11.6. The number of nitrogens with two attached hydrogens (primary N) is 1. The molecule has 0 aliphatic rings. The van der Waals surface area contributed by atoms with Gasteiger partial charge in [0.1, 0.15) is 12.1 Å². The lowest BCUT2D eigenvalue weighted by Crippen LogP contribution is -2.11. The predicted molar refractivity (Wildman–Crippen MR) is 86.4 cm³/mol. The lowest BCUT2D eigenvalue weighted by molar-refractivity contribution is 0.604.